The number of hydrogen-bond acceptors (Lipinski definition) is 7. The summed E-state index contributed by atoms with van der Waals surface area (Å²) in [7, 11) is -3.30. The van der Waals surface area contributed by atoms with Gasteiger partial charge < -0.3 is 29.9 Å². The smallest absolute Gasteiger partial charge is 0.367 e. The van der Waals surface area contributed by atoms with Crippen LogP contribution in [0.5, 0.6) is 0 Å². The van der Waals surface area contributed by atoms with E-state index in [0.29, 0.717) is 49.9 Å². The van der Waals surface area contributed by atoms with Crippen LogP contribution in [-0.2, 0) is 20.2 Å². The topological polar surface area (TPSA) is 112 Å². The monoisotopic (exact) mass is 739 g/mol. The molecule has 2 aromatic rings. The molecule has 1 fully saturated rings. The zero-order chi connectivity index (χ0) is 36.0. The summed E-state index contributed by atoms with van der Waals surface area (Å²) in [4.78, 5) is 28.9. The number of alkyl halides is 3. The molecule has 3 N–H and O–H groups in total. The average molecular weight is 740 g/mol. The van der Waals surface area contributed by atoms with Crippen molar-refractivity contribution >= 4 is 42.5 Å². The second-order valence-corrected chi connectivity index (χ2v) is 14.1. The average Bonchev–Trinajstić information content (AvgIpc) is 3.06. The van der Waals surface area contributed by atoms with E-state index in [-0.39, 0.29) is 43.7 Å². The number of nitrogens with zero attached hydrogens (tertiary/aromatic N) is 2. The van der Waals surface area contributed by atoms with Crippen LogP contribution in [0.25, 0.3) is 0 Å². The van der Waals surface area contributed by atoms with Crippen LogP contribution in [0.1, 0.15) is 61.9 Å². The summed E-state index contributed by atoms with van der Waals surface area (Å²) in [6.07, 6.45) is -1.79. The number of anilines is 2. The lowest BCUT2D eigenvalue weighted by Crippen LogP contribution is -2.47. The zero-order valence-electron chi connectivity index (χ0n) is 27.6. The number of piperazine rings is 1. The Balaban J connectivity index is 1.54. The third-order valence-corrected chi connectivity index (χ3v) is 9.98. The Hall–Kier alpha value is -2.97. The Morgan fingerprint density at radius 2 is 1.63 bits per heavy atom. The second-order valence-electron chi connectivity index (χ2n) is 11.5. The standard InChI is InChI=1S/C32H44ClF5N5O5P/c1-3-5-18-47-49(46,20-6-4-2)48-19-12-39-31(45)40-22-23-7-9-25(29(35)28(23)34)30(44)41-26-10-8-24(33)21-27(26)43-16-14-42(15-17-43)13-11-32(36,37)38/h7-10,21H,3-6,11-20,22H2,1-2H3,(H,41,44)(H2,39,40,45). The number of hydrogen-bond donors (Lipinski definition) is 3. The van der Waals surface area contributed by atoms with Crippen molar-refractivity contribution in [2.75, 3.05) is 68.9 Å². The fourth-order valence-electron chi connectivity index (χ4n) is 4.91. The SMILES string of the molecule is CCCCOP(=O)(CCCC)OCCNC(=O)NCc1ccc(C(=O)Nc2ccc(Cl)cc2N2CCN(CCC(F)(F)F)CC2)c(F)c1F. The van der Waals surface area contributed by atoms with Crippen molar-refractivity contribution in [1.29, 1.82) is 0 Å². The maximum atomic E-state index is 15.1. The van der Waals surface area contributed by atoms with E-state index in [0.717, 1.165) is 25.3 Å². The minimum absolute atomic E-state index is 0.00450. The summed E-state index contributed by atoms with van der Waals surface area (Å²) in [5, 5.41) is 7.83. The van der Waals surface area contributed by atoms with Crippen molar-refractivity contribution in [2.45, 2.75) is 58.7 Å². The number of benzene rings is 2. The quantitative estimate of drug-likeness (QED) is 0.0822. The Labute approximate surface area is 288 Å². The number of halogens is 6. The van der Waals surface area contributed by atoms with Gasteiger partial charge >= 0.3 is 19.8 Å². The summed E-state index contributed by atoms with van der Waals surface area (Å²) in [6, 6.07) is 6.17. The van der Waals surface area contributed by atoms with Gasteiger partial charge in [-0.2, -0.15) is 13.2 Å². The van der Waals surface area contributed by atoms with Gasteiger partial charge in [0, 0.05) is 56.4 Å². The summed E-state index contributed by atoms with van der Waals surface area (Å²) >= 11 is 6.18. The van der Waals surface area contributed by atoms with Crippen molar-refractivity contribution in [3.05, 3.63) is 58.1 Å². The van der Waals surface area contributed by atoms with Crippen molar-refractivity contribution in [2.24, 2.45) is 0 Å². The fraction of sp³-hybridized carbons (Fsp3) is 0.562. The van der Waals surface area contributed by atoms with E-state index < -0.39 is 49.3 Å². The lowest BCUT2D eigenvalue weighted by atomic mass is 10.1. The summed E-state index contributed by atoms with van der Waals surface area (Å²) in [5.41, 5.74) is -0.0281. The maximum Gasteiger partial charge on any atom is 0.390 e. The minimum atomic E-state index is -4.25. The van der Waals surface area contributed by atoms with Crippen LogP contribution in [0.15, 0.2) is 30.3 Å². The molecule has 0 radical (unpaired) electrons. The largest absolute Gasteiger partial charge is 0.390 e. The molecule has 1 aliphatic heterocycles. The molecule has 3 rings (SSSR count). The first-order chi connectivity index (χ1) is 23.2. The minimum Gasteiger partial charge on any atom is -0.367 e. The lowest BCUT2D eigenvalue weighted by molar-refractivity contribution is -0.138. The molecule has 10 nitrogen and oxygen atoms in total. The number of nitrogens with one attached hydrogen (secondary N) is 3. The normalized spacial score (nSPS) is 15.1. The molecule has 2 aromatic carbocycles. The molecule has 3 amide bonds. The van der Waals surface area contributed by atoms with Crippen LogP contribution in [0.2, 0.25) is 5.02 Å². The van der Waals surface area contributed by atoms with Gasteiger partial charge in [-0.25, -0.2) is 13.6 Å². The van der Waals surface area contributed by atoms with E-state index in [2.05, 4.69) is 16.0 Å². The van der Waals surface area contributed by atoms with Crippen LogP contribution in [0.4, 0.5) is 38.1 Å². The number of unbranched alkanes of at least 4 members (excludes halogenated alkanes) is 2. The van der Waals surface area contributed by atoms with Gasteiger partial charge in [0.2, 0.25) is 0 Å². The van der Waals surface area contributed by atoms with Crippen molar-refractivity contribution < 1.29 is 45.2 Å². The lowest BCUT2D eigenvalue weighted by Gasteiger charge is -2.37. The third kappa shape index (κ3) is 13.3. The predicted octanol–water partition coefficient (Wildman–Crippen LogP) is 7.57. The molecule has 0 saturated carbocycles. The first-order valence-corrected chi connectivity index (χ1v) is 18.4. The predicted molar refractivity (Wildman–Crippen MR) is 180 cm³/mol. The number of carbonyl (C=O) groups is 2. The van der Waals surface area contributed by atoms with E-state index in [9.17, 15) is 31.7 Å². The second kappa shape index (κ2) is 19.4. The molecule has 17 heteroatoms. The molecular formula is C32H44ClF5N5O5P. The molecule has 0 spiro atoms. The van der Waals surface area contributed by atoms with Gasteiger partial charge in [-0.3, -0.25) is 14.3 Å². The van der Waals surface area contributed by atoms with Gasteiger partial charge in [0.1, 0.15) is 0 Å². The number of amides is 3. The molecule has 0 aromatic heterocycles. The van der Waals surface area contributed by atoms with Gasteiger partial charge in [0.15, 0.2) is 11.6 Å². The highest BCUT2D eigenvalue weighted by Gasteiger charge is 2.29. The summed E-state index contributed by atoms with van der Waals surface area (Å²) in [5.74, 6) is -3.66. The molecule has 1 heterocycles. The Morgan fingerprint density at radius 1 is 0.939 bits per heavy atom. The molecule has 1 saturated heterocycles. The maximum absolute atomic E-state index is 15.1. The number of carbonyl (C=O) groups excluding carboxylic acids is 2. The van der Waals surface area contributed by atoms with E-state index in [1.54, 1.807) is 11.0 Å². The first-order valence-electron chi connectivity index (χ1n) is 16.3. The third-order valence-electron chi connectivity index (χ3n) is 7.73. The van der Waals surface area contributed by atoms with Crippen LogP contribution in [0, 0.1) is 11.6 Å². The van der Waals surface area contributed by atoms with Crippen LogP contribution < -0.4 is 20.9 Å². The highest BCUT2D eigenvalue weighted by Crippen LogP contribution is 2.49. The molecule has 274 valence electrons. The fourth-order valence-corrected chi connectivity index (χ4v) is 6.89. The molecule has 0 aliphatic carbocycles. The summed E-state index contributed by atoms with van der Waals surface area (Å²) < 4.78 is 91.8. The van der Waals surface area contributed by atoms with Gasteiger partial charge in [0.25, 0.3) is 5.91 Å². The molecule has 0 bridgehead atoms. The van der Waals surface area contributed by atoms with E-state index >= 15 is 4.39 Å². The van der Waals surface area contributed by atoms with Crippen molar-refractivity contribution in [3.63, 3.8) is 0 Å². The molecule has 49 heavy (non-hydrogen) atoms. The highest BCUT2D eigenvalue weighted by atomic mass is 35.5. The molecule has 1 aliphatic rings. The molecule has 1 atom stereocenters. The Kier molecular flexibility index (Phi) is 16.0. The van der Waals surface area contributed by atoms with Crippen LogP contribution >= 0.6 is 19.2 Å². The van der Waals surface area contributed by atoms with E-state index in [1.807, 2.05) is 18.7 Å². The number of urea groups is 1. The van der Waals surface area contributed by atoms with Gasteiger partial charge in [-0.05, 0) is 37.1 Å². The zero-order valence-corrected chi connectivity index (χ0v) is 29.3. The van der Waals surface area contributed by atoms with Gasteiger partial charge in [-0.1, -0.05) is 44.4 Å². The van der Waals surface area contributed by atoms with Crippen LogP contribution in [-0.4, -0.2) is 81.7 Å². The summed E-state index contributed by atoms with van der Waals surface area (Å²) in [6.45, 7) is 5.10. The Bertz CT molecular complexity index is 1450. The highest BCUT2D eigenvalue weighted by molar-refractivity contribution is 7.53. The van der Waals surface area contributed by atoms with Crippen molar-refractivity contribution in [3.8, 4) is 0 Å². The van der Waals surface area contributed by atoms with Gasteiger partial charge in [-0.15, -0.1) is 0 Å². The Morgan fingerprint density at radius 3 is 2.31 bits per heavy atom. The van der Waals surface area contributed by atoms with E-state index in [1.165, 1.54) is 18.2 Å². The first kappa shape index (κ1) is 40.5. The number of rotatable bonds is 18. The van der Waals surface area contributed by atoms with Crippen LogP contribution in [0.3, 0.4) is 0 Å². The van der Waals surface area contributed by atoms with Gasteiger partial charge in [0.05, 0.1) is 42.7 Å². The van der Waals surface area contributed by atoms with E-state index in [4.69, 9.17) is 20.6 Å². The molecule has 1 unspecified atom stereocenters. The molecular weight excluding hydrogens is 696 g/mol. The van der Waals surface area contributed by atoms with Crippen molar-refractivity contribution in [1.82, 2.24) is 15.5 Å².